The lowest BCUT2D eigenvalue weighted by Gasteiger charge is -2.48. The van der Waals surface area contributed by atoms with Gasteiger partial charge in [0, 0.05) is 69.3 Å². The van der Waals surface area contributed by atoms with Crippen molar-refractivity contribution in [3.05, 3.63) is 339 Å². The first kappa shape index (κ1) is 87.1. The van der Waals surface area contributed by atoms with Gasteiger partial charge in [0.15, 0.2) is 34.4 Å². The van der Waals surface area contributed by atoms with Crippen LogP contribution in [0.2, 0.25) is 0 Å². The minimum Gasteiger partial charge on any atom is -0.633 e. The monoisotopic (exact) mass is 1720 g/mol. The molecule has 6 N–H and O–H groups in total. The molecule has 9 aromatic carbocycles. The summed E-state index contributed by atoms with van der Waals surface area (Å²) in [6.45, 7) is 0.688. The highest BCUT2D eigenvalue weighted by atomic mass is 16.6. The summed E-state index contributed by atoms with van der Waals surface area (Å²) >= 11 is 0. The number of nitrogens with zero attached hydrogens (tertiary/aromatic N) is 18. The highest BCUT2D eigenvalue weighted by Gasteiger charge is 2.35. The average molecular weight is 1720 g/mol. The number of nitrogens with two attached hydrogens (primary N) is 3. The van der Waals surface area contributed by atoms with E-state index >= 15 is 0 Å². The third kappa shape index (κ3) is 19.4. The quantitative estimate of drug-likeness (QED) is 0.0257. The van der Waals surface area contributed by atoms with Crippen molar-refractivity contribution < 1.29 is 42.5 Å². The van der Waals surface area contributed by atoms with Gasteiger partial charge in [0.05, 0.1) is 94.0 Å². The number of hydrogen-bond acceptors (Lipinski definition) is 21. The molecule has 15 aromatic rings. The van der Waals surface area contributed by atoms with Crippen LogP contribution in [0.15, 0.2) is 306 Å². The number of aromatic nitrogens is 12. The number of anilines is 6. The maximum Gasteiger partial charge on any atom is 0.339 e. The Morgan fingerprint density at radius 3 is 0.844 bits per heavy atom. The fraction of sp³-hybridized carbons (Fsp3) is 0.179. The van der Waals surface area contributed by atoms with Crippen LogP contribution in [0, 0.1) is 15.6 Å². The van der Waals surface area contributed by atoms with E-state index in [1.54, 1.807) is 199 Å². The second kappa shape index (κ2) is 37.3. The molecule has 2 saturated carbocycles. The number of rotatable bonds is 26. The lowest BCUT2D eigenvalue weighted by atomic mass is 9.91. The second-order valence-electron chi connectivity index (χ2n) is 31.6. The van der Waals surface area contributed by atoms with Crippen molar-refractivity contribution >= 4 is 85.7 Å². The van der Waals surface area contributed by atoms with E-state index < -0.39 is 4.65 Å². The van der Waals surface area contributed by atoms with Gasteiger partial charge in [-0.1, -0.05) is 54.6 Å². The number of quaternary nitrogens is 3. The number of hydrogen-bond donors (Lipinski definition) is 3. The fourth-order valence-corrected chi connectivity index (χ4v) is 14.6. The number of nitrogen functional groups attached to an aromatic ring is 3. The molecule has 33 nitrogen and oxygen atoms in total. The maximum atomic E-state index is 13.9. The van der Waals surface area contributed by atoms with E-state index in [4.69, 9.17) is 31.4 Å². The van der Waals surface area contributed by atoms with Crippen LogP contribution in [-0.4, -0.2) is 170 Å². The van der Waals surface area contributed by atoms with E-state index in [-0.39, 0.29) is 93.3 Å². The summed E-state index contributed by atoms with van der Waals surface area (Å²) in [5, 5.41) is 36.9. The second-order valence-corrected chi connectivity index (χ2v) is 31.6. The third-order valence-electron chi connectivity index (χ3n) is 22.1. The van der Waals surface area contributed by atoms with Gasteiger partial charge in [0.1, 0.15) is 70.0 Å². The molecule has 6 aromatic heterocycles. The molecule has 0 radical (unpaired) electrons. The Kier molecular flexibility index (Phi) is 25.4. The number of fused-ring (bicyclic) bond motifs is 3. The van der Waals surface area contributed by atoms with E-state index in [9.17, 15) is 44.4 Å². The molecule has 0 aliphatic heterocycles. The van der Waals surface area contributed by atoms with Crippen molar-refractivity contribution in [1.29, 1.82) is 0 Å². The zero-order valence-electron chi connectivity index (χ0n) is 71.2. The average Bonchev–Trinajstić information content (AvgIpc) is 1.60. The van der Waals surface area contributed by atoms with Crippen LogP contribution in [0.25, 0.3) is 67.6 Å². The van der Waals surface area contributed by atoms with Crippen molar-refractivity contribution in [3.63, 3.8) is 0 Å². The van der Waals surface area contributed by atoms with Crippen LogP contribution >= 0.6 is 0 Å². The zero-order valence-corrected chi connectivity index (χ0v) is 71.2. The SMILES string of the molecule is CN(C(=O)/C=C/C[N+](C)(C)[O-])c1ccc(-n2c(=O)n(-c3ccc(Oc4ccccc4)cc3)c3c(N)ncnc32)cc1.CN(C(=O)/C=C/C[N+](C)([O-])C1CC1)c1ccc(-n2c(=O)n(-c3ccc(Oc4ccccc4)cc3)c3c(N)ncnc32)cc1.CN(C(=O)/C=C/C[N+](C)([O-])C1CCC1)c1ccc(-n2c(=O)n(-c3ccc(Oc4ccccc4)cc3)c3c(N)ncnc32)cc1. The van der Waals surface area contributed by atoms with Crippen LogP contribution in [-0.2, 0) is 14.4 Å². The Morgan fingerprint density at radius 2 is 0.594 bits per heavy atom. The van der Waals surface area contributed by atoms with E-state index in [0.717, 1.165) is 32.1 Å². The normalized spacial score (nSPS) is 13.7. The summed E-state index contributed by atoms with van der Waals surface area (Å²) in [4.78, 5) is 110. The number of ether oxygens (including phenoxy) is 3. The lowest BCUT2D eigenvalue weighted by molar-refractivity contribution is -0.886. The van der Waals surface area contributed by atoms with E-state index in [2.05, 4.69) is 29.9 Å². The molecule has 2 unspecified atom stereocenters. The summed E-state index contributed by atoms with van der Waals surface area (Å²) in [5.74, 6) is 3.64. The standard InChI is InChI=1S/C33H33N7O4.C32H31N7O4.C30H29N7O4/c1-37(29(41)12-7-21-40(2,43)26-8-6-9-26)23-13-15-25(16-14-23)39-32-30(31(34)35-22-36-32)38(33(39)42)24-17-19-28(20-18-24)44-27-10-4-3-5-11-27;1-36(28(40)9-6-20-39(2,42)25-16-17-25)22-10-12-24(13-11-22)38-31-29(30(33)34-21-35-31)37(32(38)41)23-14-18-27(19-15-23)43-26-7-4-3-5-8-26;1-34(26(38)10-7-19-37(2,3)40)21-11-13-23(14-12-21)36-29-27(28(31)32-20-33-29)35(30(36)39)22-15-17-25(18-16-22)41-24-8-5-4-6-9-24/h3-5,7,10-20,22,26H,6,8-9,21H2,1-2H3,(H2,34,35,36);3-15,18-19,21,25H,16-17,20H2,1-2H3,(H2,33,34,35);4-18,20H,19H2,1-3H3,(H2,31,32,33)/b12-7+;9-6+;10-7+. The molecule has 0 bridgehead atoms. The smallest absolute Gasteiger partial charge is 0.339 e. The van der Waals surface area contributed by atoms with Gasteiger partial charge in [-0.25, -0.2) is 58.0 Å². The first-order valence-corrected chi connectivity index (χ1v) is 41.1. The number of likely N-dealkylation sites (N-methyl/N-ethyl adjacent to an activating group) is 6. The minimum absolute atomic E-state index is 0.114. The van der Waals surface area contributed by atoms with Crippen molar-refractivity contribution in [2.45, 2.75) is 44.2 Å². The van der Waals surface area contributed by atoms with Crippen molar-refractivity contribution in [3.8, 4) is 68.6 Å². The number of carbonyl (C=O) groups is 3. The number of para-hydroxylation sites is 3. The van der Waals surface area contributed by atoms with E-state index in [0.29, 0.717) is 119 Å². The van der Waals surface area contributed by atoms with E-state index in [1.807, 2.05) is 91.0 Å². The number of carbonyl (C=O) groups excluding carboxylic acids is 3. The summed E-state index contributed by atoms with van der Waals surface area (Å²) in [6, 6.07) is 70.6. The summed E-state index contributed by atoms with van der Waals surface area (Å²) in [6.07, 6.45) is 17.9. The highest BCUT2D eigenvalue weighted by Crippen LogP contribution is 2.35. The Morgan fingerprint density at radius 1 is 0.352 bits per heavy atom. The van der Waals surface area contributed by atoms with Gasteiger partial charge in [0.2, 0.25) is 0 Å². The third-order valence-corrected chi connectivity index (χ3v) is 22.1. The highest BCUT2D eigenvalue weighted by molar-refractivity contribution is 6.02. The van der Waals surface area contributed by atoms with Gasteiger partial charge < -0.3 is 75.7 Å². The molecular weight excluding hydrogens is 1630 g/mol. The molecule has 2 fully saturated rings. The van der Waals surface area contributed by atoms with Crippen molar-refractivity contribution in [2.24, 2.45) is 0 Å². The largest absolute Gasteiger partial charge is 0.633 e. The van der Waals surface area contributed by atoms with Gasteiger partial charge in [-0.15, -0.1) is 0 Å². The summed E-state index contributed by atoms with van der Waals surface area (Å²) in [7, 11) is 11.3. The molecule has 2 atom stereocenters. The zero-order chi connectivity index (χ0) is 90.1. The Labute approximate surface area is 734 Å². The number of benzene rings is 9. The Hall–Kier alpha value is -15.8. The van der Waals surface area contributed by atoms with Gasteiger partial charge in [0.25, 0.3) is 17.7 Å². The lowest BCUT2D eigenvalue weighted by Crippen LogP contribution is -2.50. The molecule has 6 heterocycles. The topological polar surface area (TPSA) is 394 Å². The minimum atomic E-state index is -0.524. The summed E-state index contributed by atoms with van der Waals surface area (Å²) in [5.41, 5.74) is 24.9. The Bertz CT molecular complexity index is 6800. The Balaban J connectivity index is 0.000000148. The molecule has 3 amide bonds. The molecule has 0 spiro atoms. The molecule has 17 rings (SSSR count). The fourth-order valence-electron chi connectivity index (χ4n) is 14.6. The van der Waals surface area contributed by atoms with Crippen LogP contribution in [0.3, 0.4) is 0 Å². The van der Waals surface area contributed by atoms with Gasteiger partial charge in [-0.2, -0.15) is 0 Å². The van der Waals surface area contributed by atoms with Crippen LogP contribution in [0.5, 0.6) is 34.5 Å². The van der Waals surface area contributed by atoms with Gasteiger partial charge in [-0.05, 0) is 219 Å². The molecule has 2 aliphatic carbocycles. The molecule has 2 aliphatic rings. The van der Waals surface area contributed by atoms with Crippen molar-refractivity contribution in [1.82, 2.24) is 57.3 Å². The molecule has 650 valence electrons. The molecule has 0 saturated heterocycles. The van der Waals surface area contributed by atoms with Crippen molar-refractivity contribution in [2.75, 3.05) is 101 Å². The molecule has 33 heteroatoms. The van der Waals surface area contributed by atoms with Crippen LogP contribution in [0.4, 0.5) is 34.5 Å². The first-order valence-electron chi connectivity index (χ1n) is 41.1. The summed E-state index contributed by atoms with van der Waals surface area (Å²) < 4.78 is 25.2. The molecular formula is C95H93N21O12. The first-order chi connectivity index (χ1) is 61.6. The van der Waals surface area contributed by atoms with E-state index in [1.165, 1.54) is 93.4 Å². The predicted molar refractivity (Wildman–Crippen MR) is 494 cm³/mol. The number of hydroxylamine groups is 9. The predicted octanol–water partition coefficient (Wildman–Crippen LogP) is 13.6. The van der Waals surface area contributed by atoms with Crippen LogP contribution < -0.4 is 63.2 Å². The maximum absolute atomic E-state index is 13.9. The van der Waals surface area contributed by atoms with Gasteiger partial charge in [-0.3, -0.25) is 28.1 Å². The number of amides is 3. The molecule has 128 heavy (non-hydrogen) atoms. The number of imidazole rings is 3. The van der Waals surface area contributed by atoms with Gasteiger partial charge >= 0.3 is 17.1 Å². The van der Waals surface area contributed by atoms with Crippen LogP contribution in [0.1, 0.15) is 32.1 Å².